The van der Waals surface area contributed by atoms with Gasteiger partial charge in [-0.25, -0.2) is 0 Å². The molecule has 3 N–H and O–H groups in total. The molecule has 0 radical (unpaired) electrons. The zero-order valence-electron chi connectivity index (χ0n) is 10.6. The lowest BCUT2D eigenvalue weighted by atomic mass is 9.98. The van der Waals surface area contributed by atoms with Gasteiger partial charge in [0.25, 0.3) is 0 Å². The summed E-state index contributed by atoms with van der Waals surface area (Å²) in [7, 11) is 0. The molecular formula is C14H21BrN2O. The summed E-state index contributed by atoms with van der Waals surface area (Å²) >= 11 is 3.58. The van der Waals surface area contributed by atoms with Crippen LogP contribution in [0.4, 0.5) is 5.69 Å². The van der Waals surface area contributed by atoms with E-state index in [1.165, 1.54) is 24.8 Å². The molecule has 1 aliphatic rings. The average molecular weight is 313 g/mol. The number of rotatable bonds is 4. The normalized spacial score (nSPS) is 21.1. The molecule has 0 spiro atoms. The van der Waals surface area contributed by atoms with Gasteiger partial charge in [-0.1, -0.05) is 28.4 Å². The van der Waals surface area contributed by atoms with Crippen molar-refractivity contribution in [3.05, 3.63) is 28.2 Å². The van der Waals surface area contributed by atoms with E-state index in [4.69, 9.17) is 10.8 Å². The lowest BCUT2D eigenvalue weighted by Gasteiger charge is -2.36. The average Bonchev–Trinajstić information content (AvgIpc) is 2.36. The summed E-state index contributed by atoms with van der Waals surface area (Å²) < 4.78 is 1.08. The van der Waals surface area contributed by atoms with E-state index in [9.17, 15) is 0 Å². The minimum atomic E-state index is 0.270. The van der Waals surface area contributed by atoms with Crippen LogP contribution in [0.25, 0.3) is 0 Å². The summed E-state index contributed by atoms with van der Waals surface area (Å²) in [6, 6.07) is 6.45. The molecule has 1 saturated heterocycles. The molecule has 1 aliphatic heterocycles. The molecule has 2 rings (SSSR count). The topological polar surface area (TPSA) is 49.5 Å². The third kappa shape index (κ3) is 3.25. The molecule has 3 nitrogen and oxygen atoms in total. The molecule has 1 atom stereocenters. The fourth-order valence-electron chi connectivity index (χ4n) is 2.69. The summed E-state index contributed by atoms with van der Waals surface area (Å²) in [4.78, 5) is 2.45. The maximum absolute atomic E-state index is 9.15. The fourth-order valence-corrected chi connectivity index (χ4v) is 3.20. The molecular weight excluding hydrogens is 292 g/mol. The Hall–Kier alpha value is -0.580. The number of nitrogens with zero attached hydrogens (tertiary/aromatic N) is 1. The molecule has 0 bridgehead atoms. The van der Waals surface area contributed by atoms with Crippen molar-refractivity contribution in [1.82, 2.24) is 4.90 Å². The number of hydrogen-bond acceptors (Lipinski definition) is 3. The van der Waals surface area contributed by atoms with Gasteiger partial charge < -0.3 is 10.8 Å². The summed E-state index contributed by atoms with van der Waals surface area (Å²) in [6.07, 6.45) is 4.56. The summed E-state index contributed by atoms with van der Waals surface area (Å²) in [6.45, 7) is 2.25. The van der Waals surface area contributed by atoms with Gasteiger partial charge in [-0.05, 0) is 37.9 Å². The van der Waals surface area contributed by atoms with Gasteiger partial charge in [-0.15, -0.1) is 0 Å². The minimum Gasteiger partial charge on any atom is -0.398 e. The van der Waals surface area contributed by atoms with Crippen LogP contribution in [0, 0.1) is 0 Å². The van der Waals surface area contributed by atoms with Crippen LogP contribution >= 0.6 is 15.9 Å². The van der Waals surface area contributed by atoms with Gasteiger partial charge in [0.2, 0.25) is 0 Å². The first kappa shape index (κ1) is 13.8. The number of anilines is 1. The molecule has 0 aromatic heterocycles. The molecule has 18 heavy (non-hydrogen) atoms. The highest BCUT2D eigenvalue weighted by Crippen LogP contribution is 2.28. The monoisotopic (exact) mass is 312 g/mol. The van der Waals surface area contributed by atoms with Crippen LogP contribution in [0.2, 0.25) is 0 Å². The van der Waals surface area contributed by atoms with Crippen LogP contribution in [0.3, 0.4) is 0 Å². The van der Waals surface area contributed by atoms with Crippen molar-refractivity contribution in [2.24, 2.45) is 0 Å². The molecule has 1 aromatic rings. The number of piperidine rings is 1. The van der Waals surface area contributed by atoms with E-state index in [0.717, 1.165) is 29.7 Å². The van der Waals surface area contributed by atoms with E-state index in [-0.39, 0.29) is 6.61 Å². The quantitative estimate of drug-likeness (QED) is 0.841. The maximum atomic E-state index is 9.15. The Kier molecular flexibility index (Phi) is 5.03. The fraction of sp³-hybridized carbons (Fsp3) is 0.571. The number of hydrogen-bond donors (Lipinski definition) is 2. The second-order valence-corrected chi connectivity index (χ2v) is 5.79. The third-order valence-electron chi connectivity index (χ3n) is 3.73. The zero-order chi connectivity index (χ0) is 13.0. The van der Waals surface area contributed by atoms with Crippen molar-refractivity contribution in [1.29, 1.82) is 0 Å². The van der Waals surface area contributed by atoms with Gasteiger partial charge in [0, 0.05) is 34.9 Å². The molecule has 4 heteroatoms. The molecule has 0 amide bonds. The summed E-state index contributed by atoms with van der Waals surface area (Å²) in [5.41, 5.74) is 8.07. The number of likely N-dealkylation sites (tertiary alicyclic amines) is 1. The van der Waals surface area contributed by atoms with Gasteiger partial charge in [-0.3, -0.25) is 4.90 Å². The number of aliphatic hydroxyl groups is 1. The molecule has 1 heterocycles. The van der Waals surface area contributed by atoms with E-state index < -0.39 is 0 Å². The van der Waals surface area contributed by atoms with Crippen LogP contribution in [0.1, 0.15) is 31.2 Å². The predicted octanol–water partition coefficient (Wildman–Crippen LogP) is 2.77. The largest absolute Gasteiger partial charge is 0.398 e. The van der Waals surface area contributed by atoms with Gasteiger partial charge >= 0.3 is 0 Å². The molecule has 1 aromatic carbocycles. The van der Waals surface area contributed by atoms with Crippen LogP contribution in [-0.2, 0) is 6.54 Å². The first-order valence-electron chi connectivity index (χ1n) is 6.60. The number of benzene rings is 1. The first-order valence-corrected chi connectivity index (χ1v) is 7.39. The van der Waals surface area contributed by atoms with Crippen molar-refractivity contribution in [3.8, 4) is 0 Å². The predicted molar refractivity (Wildman–Crippen MR) is 78.3 cm³/mol. The molecule has 100 valence electrons. The number of nitrogens with two attached hydrogens (primary N) is 1. The molecule has 1 unspecified atom stereocenters. The van der Waals surface area contributed by atoms with Crippen molar-refractivity contribution in [2.75, 3.05) is 18.9 Å². The van der Waals surface area contributed by atoms with E-state index in [1.807, 2.05) is 18.2 Å². The van der Waals surface area contributed by atoms with Crippen molar-refractivity contribution in [3.63, 3.8) is 0 Å². The Balaban J connectivity index is 2.11. The summed E-state index contributed by atoms with van der Waals surface area (Å²) in [5.74, 6) is 0. The van der Waals surface area contributed by atoms with Crippen LogP contribution in [-0.4, -0.2) is 29.2 Å². The van der Waals surface area contributed by atoms with Gasteiger partial charge in [0.15, 0.2) is 0 Å². The molecule has 0 aliphatic carbocycles. The highest BCUT2D eigenvalue weighted by Gasteiger charge is 2.23. The molecule has 0 saturated carbocycles. The Morgan fingerprint density at radius 2 is 2.22 bits per heavy atom. The minimum absolute atomic E-state index is 0.270. The summed E-state index contributed by atoms with van der Waals surface area (Å²) in [5, 5.41) is 9.15. The zero-order valence-corrected chi connectivity index (χ0v) is 12.2. The van der Waals surface area contributed by atoms with Crippen LogP contribution < -0.4 is 5.73 Å². The molecule has 1 fully saturated rings. The first-order chi connectivity index (χ1) is 8.72. The SMILES string of the molecule is Nc1cccc(Br)c1CN1CCCCC1CCO. The smallest absolute Gasteiger partial charge is 0.0445 e. The van der Waals surface area contributed by atoms with E-state index in [2.05, 4.69) is 20.8 Å². The maximum Gasteiger partial charge on any atom is 0.0445 e. The van der Waals surface area contributed by atoms with Crippen LogP contribution in [0.15, 0.2) is 22.7 Å². The Morgan fingerprint density at radius 1 is 1.39 bits per heavy atom. The van der Waals surface area contributed by atoms with Crippen LogP contribution in [0.5, 0.6) is 0 Å². The number of aliphatic hydroxyl groups excluding tert-OH is 1. The van der Waals surface area contributed by atoms with Crippen molar-refractivity contribution in [2.45, 2.75) is 38.3 Å². The van der Waals surface area contributed by atoms with E-state index in [1.54, 1.807) is 0 Å². The highest BCUT2D eigenvalue weighted by molar-refractivity contribution is 9.10. The van der Waals surface area contributed by atoms with Gasteiger partial charge in [0.05, 0.1) is 0 Å². The second kappa shape index (κ2) is 6.55. The van der Waals surface area contributed by atoms with Gasteiger partial charge in [0.1, 0.15) is 0 Å². The Labute approximate surface area is 117 Å². The highest BCUT2D eigenvalue weighted by atomic mass is 79.9. The van der Waals surface area contributed by atoms with Crippen molar-refractivity contribution >= 4 is 21.6 Å². The van der Waals surface area contributed by atoms with Gasteiger partial charge in [-0.2, -0.15) is 0 Å². The van der Waals surface area contributed by atoms with E-state index >= 15 is 0 Å². The lowest BCUT2D eigenvalue weighted by molar-refractivity contribution is 0.112. The standard InChI is InChI=1S/C14H21BrN2O/c15-13-5-3-6-14(16)12(13)10-17-8-2-1-4-11(17)7-9-18/h3,5-6,11,18H,1-2,4,7-10,16H2. The lowest BCUT2D eigenvalue weighted by Crippen LogP contribution is -2.39. The number of nitrogen functional groups attached to an aromatic ring is 1. The van der Waals surface area contributed by atoms with Crippen molar-refractivity contribution < 1.29 is 5.11 Å². The third-order valence-corrected chi connectivity index (χ3v) is 4.47. The Bertz CT molecular complexity index is 375. The van der Waals surface area contributed by atoms with E-state index in [0.29, 0.717) is 6.04 Å². The Morgan fingerprint density at radius 3 is 2.94 bits per heavy atom. The number of halogens is 1. The second-order valence-electron chi connectivity index (χ2n) is 4.94.